The number of Topliss-reactive ketones (excluding diaryl/α,β-unsaturated/α-hetero) is 2. The number of nitrogens with zero attached hydrogens (tertiary/aromatic N) is 4. The second-order valence-electron chi connectivity index (χ2n) is 17.5. The summed E-state index contributed by atoms with van der Waals surface area (Å²) in [5, 5.41) is 23.6. The Bertz CT molecular complexity index is 1780. The molecule has 6 rings (SSSR count). The standard InChI is InChI=1S/C41H61N5O10/c1-11-30-41(8)35(46(39(51)56-41)27-18-45(19-27)17-26-13-12-14-28-31(26)43-20-42-28)23(4)32(47)21(2)16-40(7,52)36(24(5)33(48)25(6)37(50)54-30)55-38-34(49)29(44(9)10)15-22(3)53-38/h12-14,20-25,27,29-30,34-36,38,49,52H,11,15-19H2,1-10H3,(H,42,43)/t21-,22-,23+,24+,25-,29+,30-,34-,35-,36-,38+,40-,41-/m1/s1. The molecule has 15 nitrogen and oxygen atoms in total. The first-order valence-electron chi connectivity index (χ1n) is 20.1. The summed E-state index contributed by atoms with van der Waals surface area (Å²) in [5.41, 5.74) is -0.366. The highest BCUT2D eigenvalue weighted by Crippen LogP contribution is 2.44. The van der Waals surface area contributed by atoms with E-state index >= 15 is 0 Å². The fourth-order valence-corrected chi connectivity index (χ4v) is 9.85. The number of nitrogens with one attached hydrogen (secondary N) is 1. The van der Waals surface area contributed by atoms with Gasteiger partial charge in [-0.25, -0.2) is 9.78 Å². The third-order valence-electron chi connectivity index (χ3n) is 12.9. The number of para-hydroxylation sites is 1. The van der Waals surface area contributed by atoms with Crippen LogP contribution in [-0.4, -0.2) is 146 Å². The van der Waals surface area contributed by atoms with Gasteiger partial charge in [-0.2, -0.15) is 0 Å². The molecule has 310 valence electrons. The Kier molecular flexibility index (Phi) is 12.1. The summed E-state index contributed by atoms with van der Waals surface area (Å²) in [5.74, 6) is -5.52. The van der Waals surface area contributed by atoms with Crippen molar-refractivity contribution in [2.45, 2.75) is 141 Å². The monoisotopic (exact) mass is 783 g/mol. The molecule has 4 fully saturated rings. The van der Waals surface area contributed by atoms with Crippen LogP contribution < -0.4 is 0 Å². The van der Waals surface area contributed by atoms with Crippen molar-refractivity contribution in [2.24, 2.45) is 23.7 Å². The molecule has 3 N–H and O–H groups in total. The van der Waals surface area contributed by atoms with Gasteiger partial charge >= 0.3 is 12.1 Å². The number of fused-ring (bicyclic) bond motifs is 2. The maximum absolute atomic E-state index is 14.6. The van der Waals surface area contributed by atoms with Crippen LogP contribution in [0.2, 0.25) is 0 Å². The number of likely N-dealkylation sites (N-methyl/N-ethyl adjacent to an activating group) is 1. The molecule has 1 aromatic heterocycles. The number of hydrogen-bond acceptors (Lipinski definition) is 13. The van der Waals surface area contributed by atoms with Crippen LogP contribution in [0.5, 0.6) is 0 Å². The van der Waals surface area contributed by atoms with Crippen molar-refractivity contribution in [2.75, 3.05) is 27.2 Å². The van der Waals surface area contributed by atoms with Crippen LogP contribution in [0, 0.1) is 23.7 Å². The molecule has 4 aliphatic heterocycles. The largest absolute Gasteiger partial charge is 0.458 e. The highest BCUT2D eigenvalue weighted by atomic mass is 16.7. The molecule has 1 amide bonds. The minimum Gasteiger partial charge on any atom is -0.458 e. The molecule has 0 saturated carbocycles. The minimum atomic E-state index is -1.81. The molecule has 0 radical (unpaired) electrons. The summed E-state index contributed by atoms with van der Waals surface area (Å²) in [6, 6.07) is 4.53. The van der Waals surface area contributed by atoms with Gasteiger partial charge < -0.3 is 39.0 Å². The predicted molar refractivity (Wildman–Crippen MR) is 205 cm³/mol. The quantitative estimate of drug-likeness (QED) is 0.275. The van der Waals surface area contributed by atoms with E-state index in [1.54, 1.807) is 38.9 Å². The average molecular weight is 784 g/mol. The highest BCUT2D eigenvalue weighted by molar-refractivity contribution is 6.00. The Labute approximate surface area is 329 Å². The summed E-state index contributed by atoms with van der Waals surface area (Å²) in [6.07, 6.45) is -3.12. The molecule has 0 aliphatic carbocycles. The topological polar surface area (TPSA) is 184 Å². The van der Waals surface area contributed by atoms with Gasteiger partial charge in [0.05, 0.1) is 47.3 Å². The Morgan fingerprint density at radius 3 is 2.39 bits per heavy atom. The second-order valence-corrected chi connectivity index (χ2v) is 17.5. The minimum absolute atomic E-state index is 0.113. The fourth-order valence-electron chi connectivity index (χ4n) is 9.85. The number of rotatable bonds is 7. The third-order valence-corrected chi connectivity index (χ3v) is 12.9. The normalized spacial score (nSPS) is 39.7. The summed E-state index contributed by atoms with van der Waals surface area (Å²) in [6.45, 7) is 15.0. The van der Waals surface area contributed by atoms with Crippen LogP contribution in [0.25, 0.3) is 11.0 Å². The Morgan fingerprint density at radius 1 is 1.04 bits per heavy atom. The van der Waals surface area contributed by atoms with Gasteiger partial charge in [-0.15, -0.1) is 0 Å². The smallest absolute Gasteiger partial charge is 0.411 e. The number of aliphatic hydroxyl groups excluding tert-OH is 1. The summed E-state index contributed by atoms with van der Waals surface area (Å²) in [4.78, 5) is 70.0. The van der Waals surface area contributed by atoms with E-state index < -0.39 is 83.4 Å². The average Bonchev–Trinajstić information content (AvgIpc) is 3.71. The van der Waals surface area contributed by atoms with Crippen LogP contribution in [0.4, 0.5) is 4.79 Å². The van der Waals surface area contributed by atoms with Crippen molar-refractivity contribution >= 4 is 34.7 Å². The van der Waals surface area contributed by atoms with Gasteiger partial charge in [0.2, 0.25) is 0 Å². The van der Waals surface area contributed by atoms with Crippen molar-refractivity contribution in [3.05, 3.63) is 30.1 Å². The maximum atomic E-state index is 14.6. The Morgan fingerprint density at radius 2 is 1.73 bits per heavy atom. The molecule has 1 aromatic carbocycles. The number of benzene rings is 1. The van der Waals surface area contributed by atoms with Gasteiger partial charge in [0.1, 0.15) is 23.9 Å². The van der Waals surface area contributed by atoms with Gasteiger partial charge in [0.15, 0.2) is 17.7 Å². The van der Waals surface area contributed by atoms with E-state index in [4.69, 9.17) is 18.9 Å². The zero-order chi connectivity index (χ0) is 41.0. The molecular formula is C41H61N5O10. The Hall–Kier alpha value is -3.47. The molecule has 0 unspecified atom stereocenters. The number of aromatic nitrogens is 2. The number of hydrogen-bond donors (Lipinski definition) is 3. The maximum Gasteiger partial charge on any atom is 0.411 e. The first-order chi connectivity index (χ1) is 26.3. The molecule has 0 spiro atoms. The van der Waals surface area contributed by atoms with Crippen LogP contribution in [0.15, 0.2) is 24.5 Å². The molecular weight excluding hydrogens is 722 g/mol. The van der Waals surface area contributed by atoms with Crippen LogP contribution in [0.1, 0.15) is 80.2 Å². The van der Waals surface area contributed by atoms with E-state index in [1.807, 2.05) is 51.0 Å². The van der Waals surface area contributed by atoms with Gasteiger partial charge in [-0.05, 0) is 72.7 Å². The lowest BCUT2D eigenvalue weighted by molar-refractivity contribution is -0.293. The summed E-state index contributed by atoms with van der Waals surface area (Å²) < 4.78 is 24.8. The van der Waals surface area contributed by atoms with Crippen molar-refractivity contribution in [3.63, 3.8) is 0 Å². The lowest BCUT2D eigenvalue weighted by Gasteiger charge is -2.48. The number of H-pyrrole nitrogens is 1. The number of carbonyl (C=O) groups is 4. The third kappa shape index (κ3) is 7.74. The zero-order valence-electron chi connectivity index (χ0n) is 34.4. The first kappa shape index (κ1) is 42.1. The Balaban J connectivity index is 1.30. The van der Waals surface area contributed by atoms with Crippen molar-refractivity contribution < 1.29 is 48.3 Å². The number of aromatic amines is 1. The molecule has 4 saturated heterocycles. The van der Waals surface area contributed by atoms with E-state index in [-0.39, 0.29) is 36.8 Å². The predicted octanol–water partition coefficient (Wildman–Crippen LogP) is 3.30. The van der Waals surface area contributed by atoms with Crippen LogP contribution >= 0.6 is 0 Å². The van der Waals surface area contributed by atoms with E-state index in [0.717, 1.165) is 16.6 Å². The van der Waals surface area contributed by atoms with Crippen molar-refractivity contribution in [1.82, 2.24) is 24.7 Å². The van der Waals surface area contributed by atoms with E-state index in [1.165, 1.54) is 13.8 Å². The number of imidazole rings is 1. The highest BCUT2D eigenvalue weighted by Gasteiger charge is 2.62. The van der Waals surface area contributed by atoms with E-state index in [9.17, 15) is 29.4 Å². The number of esters is 1. The van der Waals surface area contributed by atoms with Crippen molar-refractivity contribution in [3.8, 4) is 0 Å². The molecule has 0 bridgehead atoms. The molecule has 5 heterocycles. The first-order valence-corrected chi connectivity index (χ1v) is 20.1. The number of likely N-dealkylation sites (tertiary alicyclic amines) is 1. The van der Waals surface area contributed by atoms with Gasteiger partial charge in [0.25, 0.3) is 0 Å². The number of ketones is 2. The number of ether oxygens (including phenoxy) is 4. The molecule has 2 aromatic rings. The second kappa shape index (κ2) is 16.1. The van der Waals surface area contributed by atoms with Gasteiger partial charge in [0, 0.05) is 43.4 Å². The molecule has 15 heteroatoms. The van der Waals surface area contributed by atoms with Gasteiger partial charge in [-0.1, -0.05) is 39.8 Å². The number of carbonyl (C=O) groups excluding carboxylic acids is 4. The lowest BCUT2D eigenvalue weighted by atomic mass is 9.73. The number of cyclic esters (lactones) is 1. The van der Waals surface area contributed by atoms with E-state index in [0.29, 0.717) is 26.1 Å². The molecule has 56 heavy (non-hydrogen) atoms. The zero-order valence-corrected chi connectivity index (χ0v) is 34.4. The number of aliphatic hydroxyl groups is 2. The van der Waals surface area contributed by atoms with E-state index in [2.05, 4.69) is 14.9 Å². The molecule has 13 atom stereocenters. The van der Waals surface area contributed by atoms with Crippen LogP contribution in [0.3, 0.4) is 0 Å². The molecule has 4 aliphatic rings. The SMILES string of the molecule is CC[C@H]1OC(=O)[C@H](C)C(=O)[C@H](C)[C@@H](O[C@@H]2O[C@H](C)C[C@H](N(C)C)[C@H]2O)[C@](C)(O)C[C@@H](C)C(=O)[C@H](C)[C@H]2N(C3CN(Cc4cccc5[nH]cnc45)C3)C(=O)O[C@]12C. The van der Waals surface area contributed by atoms with Crippen molar-refractivity contribution in [1.29, 1.82) is 0 Å². The fraction of sp³-hybridized carbons (Fsp3) is 0.732. The van der Waals surface area contributed by atoms with Gasteiger partial charge in [-0.3, -0.25) is 24.2 Å². The number of amides is 1. The lowest BCUT2D eigenvalue weighted by Crippen LogP contribution is -2.65. The summed E-state index contributed by atoms with van der Waals surface area (Å²) in [7, 11) is 3.69. The summed E-state index contributed by atoms with van der Waals surface area (Å²) >= 11 is 0. The van der Waals surface area contributed by atoms with Crippen LogP contribution in [-0.2, 0) is 39.9 Å².